The summed E-state index contributed by atoms with van der Waals surface area (Å²) in [5.74, 6) is 5.74. The normalized spacial score (nSPS) is 9.60. The Hall–Kier alpha value is -4.65. The number of nitriles is 1. The third-order valence-electron chi connectivity index (χ3n) is 5.86. The highest BCUT2D eigenvalue weighted by atomic mass is 127. The minimum absolute atomic E-state index is 0.213. The maximum absolute atomic E-state index is 11.6. The van der Waals surface area contributed by atoms with Gasteiger partial charge in [0.1, 0.15) is 10.4 Å². The first-order valence-corrected chi connectivity index (χ1v) is 17.2. The summed E-state index contributed by atoms with van der Waals surface area (Å²) >= 11 is 8.38. The highest BCUT2D eigenvalue weighted by Gasteiger charge is 2.08. The Morgan fingerprint density at radius 1 is 0.840 bits per heavy atom. The molecule has 14 nitrogen and oxygen atoms in total. The molecule has 0 bridgehead atoms. The number of H-pyrrole nitrogens is 2. The Morgan fingerprint density at radius 2 is 1.34 bits per heavy atom. The first-order valence-electron chi connectivity index (χ1n) is 14.8. The summed E-state index contributed by atoms with van der Waals surface area (Å²) in [5.41, 5.74) is 5.60. The van der Waals surface area contributed by atoms with Crippen molar-refractivity contribution in [2.24, 2.45) is 5.84 Å². The van der Waals surface area contributed by atoms with Crippen LogP contribution < -0.4 is 28.1 Å². The van der Waals surface area contributed by atoms with Crippen molar-refractivity contribution < 1.29 is 11.4 Å². The van der Waals surface area contributed by atoms with Gasteiger partial charge < -0.3 is 15.5 Å². The third-order valence-corrected chi connectivity index (χ3v) is 6.92. The number of benzene rings is 2. The molecule has 5 heterocycles. The summed E-state index contributed by atoms with van der Waals surface area (Å²) in [7, 11) is -1.34. The van der Waals surface area contributed by atoms with E-state index in [0.29, 0.717) is 32.1 Å². The summed E-state index contributed by atoms with van der Waals surface area (Å²) in [6.07, 6.45) is 0. The lowest BCUT2D eigenvalue weighted by Gasteiger charge is -2.03. The Kier molecular flexibility index (Phi) is 18.2. The van der Waals surface area contributed by atoms with E-state index in [1.54, 1.807) is 59.0 Å². The molecule has 0 unspecified atom stereocenters. The van der Waals surface area contributed by atoms with Crippen LogP contribution in [0.5, 0.6) is 0 Å². The molecular weight excluding hydrogens is 886 g/mol. The zero-order valence-electron chi connectivity index (χ0n) is 27.4. The largest absolute Gasteiger partial charge is 0.488 e. The molecule has 0 aliphatic rings. The average molecular weight is 919 g/mol. The molecule has 258 valence electrons. The molecule has 7 aromatic rings. The van der Waals surface area contributed by atoms with Crippen molar-refractivity contribution in [2.75, 3.05) is 10.3 Å². The number of fused-ring (bicyclic) bond motifs is 2. The maximum atomic E-state index is 11.6. The van der Waals surface area contributed by atoms with Gasteiger partial charge in [-0.2, -0.15) is 15.5 Å². The lowest BCUT2D eigenvalue weighted by molar-refractivity contribution is 0.426. The van der Waals surface area contributed by atoms with Crippen molar-refractivity contribution >= 4 is 84.1 Å². The number of anilines is 1. The molecule has 0 atom stereocenters. The van der Waals surface area contributed by atoms with Gasteiger partial charge in [0.15, 0.2) is 11.3 Å². The van der Waals surface area contributed by atoms with Gasteiger partial charge in [0, 0.05) is 8.29 Å². The minimum Gasteiger partial charge on any atom is -0.423 e. The van der Waals surface area contributed by atoms with E-state index in [1.165, 1.54) is 11.3 Å². The molecule has 7 rings (SSSR count). The van der Waals surface area contributed by atoms with Crippen LogP contribution in [-0.4, -0.2) is 56.3 Å². The topological polar surface area (TPSA) is 216 Å². The fraction of sp³-hybridized carbons (Fsp3) is 0.0625. The number of nitrogens with one attached hydrogen (secondary N) is 3. The molecule has 18 heteroatoms. The molecule has 0 aliphatic heterocycles. The van der Waals surface area contributed by atoms with Crippen molar-refractivity contribution in [3.8, 4) is 17.3 Å². The van der Waals surface area contributed by atoms with Crippen molar-refractivity contribution in [2.45, 2.75) is 6.92 Å². The van der Waals surface area contributed by atoms with E-state index >= 15 is 0 Å². The van der Waals surface area contributed by atoms with Crippen LogP contribution in [0.1, 0.15) is 8.29 Å². The molecule has 0 aliphatic carbocycles. The number of hydrazine groups is 1. The molecule has 0 saturated heterocycles. The van der Waals surface area contributed by atoms with Gasteiger partial charge in [-0.05, 0) is 84.2 Å². The van der Waals surface area contributed by atoms with Crippen LogP contribution in [0.25, 0.3) is 22.6 Å². The molecule has 5 aromatic heterocycles. The van der Waals surface area contributed by atoms with Gasteiger partial charge >= 0.3 is 18.5 Å². The van der Waals surface area contributed by atoms with E-state index in [1.807, 2.05) is 89.3 Å². The molecule has 0 radical (unpaired) electrons. The Morgan fingerprint density at radius 3 is 1.82 bits per heavy atom. The standard InChI is InChI=1S/C12H9N3O.C6H7BO2.C6H4BrN3O.C5H6BrN3.C2H3N.CH3I/c16-12-14-13-11-8-4-7-10(15(11)12)9-5-2-1-3-6-9;8-7(9)6-4-2-1-3-5-6;7-4-2-1-3-5-8-9-6(11)10(4)5;6-4-2-1-3-5(8-4)9-7;1-2-3;1-2/h1-8H,(H,14,16);1-5,8-9H;1-3H,(H,9,11);1-3H,7H2,(H,8,9);1H3;1H3/i;;;;;1D. The number of hydrogen-bond acceptors (Lipinski definition) is 10. The van der Waals surface area contributed by atoms with Crippen molar-refractivity contribution in [1.29, 1.82) is 5.26 Å². The van der Waals surface area contributed by atoms with Gasteiger partial charge in [0.05, 0.1) is 16.4 Å². The SMILES string of the molecule is CC#N.NNc1cccc(Br)n1.O=c1[nH]nc2cccc(-c3ccccc3)n12.O=c1[nH]nc2cccc(Br)n12.OB(O)c1ccccc1.[2H]CI. The van der Waals surface area contributed by atoms with Gasteiger partial charge in [-0.25, -0.2) is 39.4 Å². The molecule has 0 fully saturated rings. The molecule has 7 N–H and O–H groups in total. The number of alkyl halides is 1. The van der Waals surface area contributed by atoms with Crippen molar-refractivity contribution in [3.05, 3.63) is 145 Å². The zero-order valence-corrected chi connectivity index (χ0v) is 31.7. The lowest BCUT2D eigenvalue weighted by Crippen LogP contribution is -2.29. The van der Waals surface area contributed by atoms with E-state index in [2.05, 4.69) is 62.7 Å². The fourth-order valence-electron chi connectivity index (χ4n) is 3.82. The van der Waals surface area contributed by atoms with Gasteiger partial charge in [-0.15, -0.1) is 0 Å². The number of aromatic amines is 2. The van der Waals surface area contributed by atoms with Crippen molar-refractivity contribution in [1.82, 2.24) is 34.2 Å². The number of nitrogen functional groups attached to an aromatic ring is 1. The third kappa shape index (κ3) is 13.0. The molecule has 0 spiro atoms. The number of nitrogens with two attached hydrogens (primary N) is 1. The predicted octanol–water partition coefficient (Wildman–Crippen LogP) is 4.55. The van der Waals surface area contributed by atoms with Crippen LogP contribution in [0, 0.1) is 11.3 Å². The van der Waals surface area contributed by atoms with E-state index in [-0.39, 0.29) is 11.4 Å². The van der Waals surface area contributed by atoms with Crippen LogP contribution in [0.15, 0.2) is 134 Å². The fourth-order valence-corrected chi connectivity index (χ4v) is 4.66. The summed E-state index contributed by atoms with van der Waals surface area (Å²) < 4.78 is 10.7. The number of aromatic nitrogens is 7. The van der Waals surface area contributed by atoms with Crippen LogP contribution in [0.3, 0.4) is 0 Å². The number of nitrogens with zero attached hydrogens (tertiary/aromatic N) is 6. The summed E-state index contributed by atoms with van der Waals surface area (Å²) in [5, 5.41) is 37.0. The van der Waals surface area contributed by atoms with E-state index in [9.17, 15) is 9.59 Å². The monoisotopic (exact) mass is 917 g/mol. The minimum atomic E-state index is -1.34. The van der Waals surface area contributed by atoms with Crippen LogP contribution in [0.4, 0.5) is 5.82 Å². The number of halogens is 3. The van der Waals surface area contributed by atoms with Gasteiger partial charge in [0.2, 0.25) is 0 Å². The van der Waals surface area contributed by atoms with Gasteiger partial charge in [-0.1, -0.05) is 101 Å². The Balaban J connectivity index is 0.000000230. The first-order chi connectivity index (χ1) is 24.6. The highest BCUT2D eigenvalue weighted by Crippen LogP contribution is 2.18. The van der Waals surface area contributed by atoms with E-state index < -0.39 is 7.12 Å². The molecule has 2 aromatic carbocycles. The Labute approximate surface area is 319 Å². The van der Waals surface area contributed by atoms with E-state index in [0.717, 1.165) is 15.9 Å². The summed E-state index contributed by atoms with van der Waals surface area (Å²) in [4.78, 5) is 27.1. The van der Waals surface area contributed by atoms with E-state index in [4.69, 9.17) is 22.5 Å². The summed E-state index contributed by atoms with van der Waals surface area (Å²) in [6.45, 7) is 1.43. The van der Waals surface area contributed by atoms with Crippen LogP contribution >= 0.6 is 54.5 Å². The summed E-state index contributed by atoms with van der Waals surface area (Å²) in [6, 6.07) is 36.6. The smallest absolute Gasteiger partial charge is 0.423 e. The zero-order chi connectivity index (χ0) is 37.6. The first kappa shape index (κ1) is 39.8. The molecular formula is C32H32BBr2IN10O4. The molecule has 0 saturated carbocycles. The predicted molar refractivity (Wildman–Crippen MR) is 212 cm³/mol. The second-order valence-electron chi connectivity index (χ2n) is 9.07. The van der Waals surface area contributed by atoms with Crippen LogP contribution in [-0.2, 0) is 0 Å². The van der Waals surface area contributed by atoms with Crippen LogP contribution in [0.2, 0.25) is 0 Å². The second kappa shape index (κ2) is 22.9. The van der Waals surface area contributed by atoms with Gasteiger partial charge in [0.25, 0.3) is 0 Å². The second-order valence-corrected chi connectivity index (χ2v) is 10.7. The van der Waals surface area contributed by atoms with Gasteiger partial charge in [-0.3, -0.25) is 0 Å². The molecule has 0 amide bonds. The molecule has 50 heavy (non-hydrogen) atoms. The number of hydrogen-bond donors (Lipinski definition) is 6. The Bertz CT molecular complexity index is 2200. The maximum Gasteiger partial charge on any atom is 0.488 e. The number of pyridine rings is 3. The number of rotatable bonds is 3. The highest BCUT2D eigenvalue weighted by molar-refractivity contribution is 14.1. The lowest BCUT2D eigenvalue weighted by atomic mass is 9.81. The average Bonchev–Trinajstić information content (AvgIpc) is 3.73. The quantitative estimate of drug-likeness (QED) is 0.0363. The van der Waals surface area contributed by atoms with Crippen molar-refractivity contribution in [3.63, 3.8) is 0 Å².